The minimum atomic E-state index is -1.69. The van der Waals surface area contributed by atoms with Gasteiger partial charge in [0.05, 0.1) is 12.1 Å². The standard InChI is InChI=1S/C29H35BClFN2O6S/c1-29(2,3)40-28(36)33(4)19-10-12-20(13-11-19)34(16-17-15-18(30(37)38)9-14-22(17)39-5)27(35)26-25(31)24-21(32)7-6-8-23(24)41-26/h6-9,14-15,19-20,37-38H,10-13,16H2,1-5H3. The number of nitrogens with zero attached hydrogens (tertiary/aromatic N) is 2. The second kappa shape index (κ2) is 12.6. The third-order valence-electron chi connectivity index (χ3n) is 7.34. The molecule has 220 valence electrons. The van der Waals surface area contributed by atoms with Gasteiger partial charge in [0.25, 0.3) is 5.91 Å². The molecule has 1 heterocycles. The van der Waals surface area contributed by atoms with Crippen molar-refractivity contribution in [3.05, 3.63) is 57.7 Å². The fourth-order valence-electron chi connectivity index (χ4n) is 5.21. The van der Waals surface area contributed by atoms with Crippen molar-refractivity contribution in [3.63, 3.8) is 0 Å². The Morgan fingerprint density at radius 3 is 2.37 bits per heavy atom. The average Bonchev–Trinajstić information content (AvgIpc) is 3.27. The van der Waals surface area contributed by atoms with E-state index in [4.69, 9.17) is 21.1 Å². The van der Waals surface area contributed by atoms with Crippen molar-refractivity contribution in [2.45, 2.75) is 70.7 Å². The van der Waals surface area contributed by atoms with Gasteiger partial charge in [-0.3, -0.25) is 4.79 Å². The number of carbonyl (C=O) groups excluding carboxylic acids is 2. The summed E-state index contributed by atoms with van der Waals surface area (Å²) in [4.78, 5) is 30.4. The number of methoxy groups -OCH3 is 1. The average molecular weight is 605 g/mol. The largest absolute Gasteiger partial charge is 0.496 e. The molecule has 1 fully saturated rings. The number of fused-ring (bicyclic) bond motifs is 1. The maximum absolute atomic E-state index is 14.6. The van der Waals surface area contributed by atoms with E-state index in [0.29, 0.717) is 41.7 Å². The lowest BCUT2D eigenvalue weighted by Crippen LogP contribution is -2.47. The van der Waals surface area contributed by atoms with Crippen LogP contribution in [-0.2, 0) is 11.3 Å². The molecular weight excluding hydrogens is 570 g/mol. The molecule has 1 aromatic heterocycles. The fraction of sp³-hybridized carbons (Fsp3) is 0.448. The zero-order valence-electron chi connectivity index (χ0n) is 23.8. The molecule has 2 amide bonds. The van der Waals surface area contributed by atoms with Gasteiger partial charge in [0, 0.05) is 41.3 Å². The van der Waals surface area contributed by atoms with Gasteiger partial charge in [0.1, 0.15) is 22.0 Å². The highest BCUT2D eigenvalue weighted by atomic mass is 35.5. The number of rotatable bonds is 7. The molecule has 0 saturated heterocycles. The Bertz CT molecular complexity index is 1420. The van der Waals surface area contributed by atoms with E-state index >= 15 is 0 Å². The third kappa shape index (κ3) is 6.97. The second-order valence-corrected chi connectivity index (χ2v) is 12.7. The van der Waals surface area contributed by atoms with E-state index in [2.05, 4.69) is 0 Å². The minimum Gasteiger partial charge on any atom is -0.496 e. The SMILES string of the molecule is COc1ccc(B(O)O)cc1CN(C(=O)c1sc2cccc(F)c2c1Cl)C1CCC(N(C)C(=O)OC(C)(C)C)CC1. The topological polar surface area (TPSA) is 99.5 Å². The van der Waals surface area contributed by atoms with Crippen molar-refractivity contribution < 1.29 is 33.5 Å². The van der Waals surface area contributed by atoms with Crippen molar-refractivity contribution in [2.24, 2.45) is 0 Å². The molecule has 2 N–H and O–H groups in total. The molecule has 12 heteroatoms. The first-order valence-corrected chi connectivity index (χ1v) is 14.7. The van der Waals surface area contributed by atoms with Crippen LogP contribution in [0.25, 0.3) is 10.1 Å². The predicted octanol–water partition coefficient (Wildman–Crippen LogP) is 5.20. The van der Waals surface area contributed by atoms with Crippen LogP contribution >= 0.6 is 22.9 Å². The Kier molecular flexibility index (Phi) is 9.53. The molecule has 0 aliphatic heterocycles. The molecule has 0 radical (unpaired) electrons. The first kappa shape index (κ1) is 31.1. The van der Waals surface area contributed by atoms with Crippen molar-refractivity contribution >= 4 is 57.6 Å². The maximum Gasteiger partial charge on any atom is 0.488 e. The Labute approximate surface area is 248 Å². The van der Waals surface area contributed by atoms with Gasteiger partial charge in [-0.2, -0.15) is 0 Å². The molecule has 1 aliphatic carbocycles. The van der Waals surface area contributed by atoms with Gasteiger partial charge in [0.15, 0.2) is 0 Å². The fourth-order valence-corrected chi connectivity index (χ4v) is 6.72. The molecule has 0 unspecified atom stereocenters. The molecule has 0 bridgehead atoms. The van der Waals surface area contributed by atoms with Gasteiger partial charge in [-0.25, -0.2) is 9.18 Å². The van der Waals surface area contributed by atoms with Crippen LogP contribution in [0.15, 0.2) is 36.4 Å². The Morgan fingerprint density at radius 2 is 1.78 bits per heavy atom. The van der Waals surface area contributed by atoms with Gasteiger partial charge in [-0.1, -0.05) is 29.8 Å². The highest BCUT2D eigenvalue weighted by Crippen LogP contribution is 2.39. The molecule has 3 aromatic rings. The molecular formula is C29H35BClFN2O6S. The zero-order chi connectivity index (χ0) is 30.1. The molecule has 4 rings (SSSR count). The first-order valence-electron chi connectivity index (χ1n) is 13.5. The smallest absolute Gasteiger partial charge is 0.488 e. The van der Waals surface area contributed by atoms with Crippen molar-refractivity contribution in [2.75, 3.05) is 14.2 Å². The number of amides is 2. The monoisotopic (exact) mass is 604 g/mol. The lowest BCUT2D eigenvalue weighted by molar-refractivity contribution is 0.0144. The van der Waals surface area contributed by atoms with Crippen LogP contribution in [0, 0.1) is 5.82 Å². The Balaban J connectivity index is 1.65. The molecule has 1 saturated carbocycles. The van der Waals surface area contributed by atoms with E-state index in [0.717, 1.165) is 11.3 Å². The summed E-state index contributed by atoms with van der Waals surface area (Å²) in [5.41, 5.74) is 0.241. The van der Waals surface area contributed by atoms with Crippen LogP contribution in [0.2, 0.25) is 5.02 Å². The molecule has 2 aromatic carbocycles. The van der Waals surface area contributed by atoms with Gasteiger partial charge >= 0.3 is 13.2 Å². The van der Waals surface area contributed by atoms with E-state index in [1.807, 2.05) is 20.8 Å². The molecule has 8 nitrogen and oxygen atoms in total. The molecule has 1 aliphatic rings. The highest BCUT2D eigenvalue weighted by Gasteiger charge is 2.35. The zero-order valence-corrected chi connectivity index (χ0v) is 25.4. The lowest BCUT2D eigenvalue weighted by Gasteiger charge is -2.40. The summed E-state index contributed by atoms with van der Waals surface area (Å²) in [6, 6.07) is 9.11. The van der Waals surface area contributed by atoms with Crippen LogP contribution in [0.1, 0.15) is 61.7 Å². The summed E-state index contributed by atoms with van der Waals surface area (Å²) < 4.78 is 26.3. The summed E-state index contributed by atoms with van der Waals surface area (Å²) >= 11 is 7.73. The van der Waals surface area contributed by atoms with Crippen LogP contribution in [0.3, 0.4) is 0 Å². The van der Waals surface area contributed by atoms with Gasteiger partial charge < -0.3 is 29.3 Å². The van der Waals surface area contributed by atoms with Crippen molar-refractivity contribution in [3.8, 4) is 5.75 Å². The number of benzene rings is 2. The lowest BCUT2D eigenvalue weighted by atomic mass is 9.79. The molecule has 0 atom stereocenters. The number of thiophene rings is 1. The quantitative estimate of drug-likeness (QED) is 0.360. The predicted molar refractivity (Wildman–Crippen MR) is 160 cm³/mol. The summed E-state index contributed by atoms with van der Waals surface area (Å²) in [6.07, 6.45) is 2.10. The summed E-state index contributed by atoms with van der Waals surface area (Å²) in [7, 11) is 1.54. The Morgan fingerprint density at radius 1 is 1.12 bits per heavy atom. The molecule has 41 heavy (non-hydrogen) atoms. The number of halogens is 2. The summed E-state index contributed by atoms with van der Waals surface area (Å²) in [6.45, 7) is 5.57. The van der Waals surface area contributed by atoms with Crippen LogP contribution < -0.4 is 10.2 Å². The van der Waals surface area contributed by atoms with Crippen LogP contribution in [0.4, 0.5) is 9.18 Å². The van der Waals surface area contributed by atoms with Gasteiger partial charge in [-0.05, 0) is 70.1 Å². The van der Waals surface area contributed by atoms with E-state index in [9.17, 15) is 24.0 Å². The van der Waals surface area contributed by atoms with Gasteiger partial charge in [0.2, 0.25) is 0 Å². The molecule has 0 spiro atoms. The van der Waals surface area contributed by atoms with Crippen LogP contribution in [0.5, 0.6) is 5.75 Å². The number of ether oxygens (including phenoxy) is 2. The number of hydrogen-bond acceptors (Lipinski definition) is 7. The van der Waals surface area contributed by atoms with Crippen molar-refractivity contribution in [1.29, 1.82) is 0 Å². The van der Waals surface area contributed by atoms with Gasteiger partial charge in [-0.15, -0.1) is 11.3 Å². The number of carbonyl (C=O) groups is 2. The van der Waals surface area contributed by atoms with E-state index in [1.54, 1.807) is 47.2 Å². The van der Waals surface area contributed by atoms with Crippen LogP contribution in [-0.4, -0.2) is 70.8 Å². The van der Waals surface area contributed by atoms with E-state index in [1.165, 1.54) is 13.2 Å². The Hall–Kier alpha value is -2.86. The minimum absolute atomic E-state index is 0.0533. The summed E-state index contributed by atoms with van der Waals surface area (Å²) in [5, 5.41) is 19.8. The van der Waals surface area contributed by atoms with Crippen molar-refractivity contribution in [1.82, 2.24) is 9.80 Å². The summed E-state index contributed by atoms with van der Waals surface area (Å²) in [5.74, 6) is -0.359. The first-order chi connectivity index (χ1) is 19.3. The number of hydrogen-bond donors (Lipinski definition) is 2. The van der Waals surface area contributed by atoms with E-state index in [-0.39, 0.29) is 45.3 Å². The second-order valence-electron chi connectivity index (χ2n) is 11.3. The highest BCUT2D eigenvalue weighted by molar-refractivity contribution is 7.21. The van der Waals surface area contributed by atoms with E-state index < -0.39 is 24.6 Å². The maximum atomic E-state index is 14.6. The normalized spacial score (nSPS) is 17.3. The third-order valence-corrected chi connectivity index (χ3v) is 8.97.